The first-order valence-corrected chi connectivity index (χ1v) is 7.02. The van der Waals surface area contributed by atoms with Crippen LogP contribution in [0.4, 0.5) is 4.79 Å². The molecule has 0 fully saturated rings. The zero-order valence-electron chi connectivity index (χ0n) is 12.2. The van der Waals surface area contributed by atoms with Crippen molar-refractivity contribution in [1.82, 2.24) is 10.6 Å². The zero-order chi connectivity index (χ0) is 14.6. The average molecular weight is 276 g/mol. The molecule has 2 amide bonds. The quantitative estimate of drug-likeness (QED) is 0.821. The van der Waals surface area contributed by atoms with Crippen molar-refractivity contribution < 1.29 is 14.3 Å². The van der Waals surface area contributed by atoms with Gasteiger partial charge in [-0.3, -0.25) is 4.79 Å². The summed E-state index contributed by atoms with van der Waals surface area (Å²) in [6.07, 6.45) is 1.31. The molecule has 0 aromatic rings. The van der Waals surface area contributed by atoms with Crippen LogP contribution in [0.25, 0.3) is 0 Å². The van der Waals surface area contributed by atoms with Gasteiger partial charge in [-0.1, -0.05) is 0 Å². The SMILES string of the molecule is CNC(=O)[C@@H](NC(=O)OC(C)(C)C)C(C)(C)SC. The summed E-state index contributed by atoms with van der Waals surface area (Å²) in [7, 11) is 1.54. The molecule has 6 heteroatoms. The van der Waals surface area contributed by atoms with Crippen LogP contribution in [0, 0.1) is 0 Å². The van der Waals surface area contributed by atoms with Crippen molar-refractivity contribution in [3.05, 3.63) is 0 Å². The van der Waals surface area contributed by atoms with Crippen LogP contribution in [0.3, 0.4) is 0 Å². The van der Waals surface area contributed by atoms with E-state index in [2.05, 4.69) is 10.6 Å². The highest BCUT2D eigenvalue weighted by Crippen LogP contribution is 2.26. The molecule has 0 heterocycles. The summed E-state index contributed by atoms with van der Waals surface area (Å²) in [6.45, 7) is 9.13. The summed E-state index contributed by atoms with van der Waals surface area (Å²) < 4.78 is 4.74. The summed E-state index contributed by atoms with van der Waals surface area (Å²) in [6, 6.07) is -0.646. The summed E-state index contributed by atoms with van der Waals surface area (Å²) in [5, 5.41) is 5.17. The van der Waals surface area contributed by atoms with E-state index >= 15 is 0 Å². The molecule has 2 N–H and O–H groups in total. The Labute approximate surface area is 113 Å². The summed E-state index contributed by atoms with van der Waals surface area (Å²) in [5.41, 5.74) is -0.583. The van der Waals surface area contributed by atoms with Gasteiger partial charge in [-0.15, -0.1) is 0 Å². The van der Waals surface area contributed by atoms with Gasteiger partial charge in [0, 0.05) is 11.8 Å². The zero-order valence-corrected chi connectivity index (χ0v) is 13.0. The smallest absolute Gasteiger partial charge is 0.408 e. The van der Waals surface area contributed by atoms with E-state index in [4.69, 9.17) is 4.74 Å². The Balaban J connectivity index is 4.82. The summed E-state index contributed by atoms with van der Waals surface area (Å²) in [5.74, 6) is -0.236. The predicted molar refractivity (Wildman–Crippen MR) is 74.8 cm³/mol. The lowest BCUT2D eigenvalue weighted by atomic mass is 10.0. The van der Waals surface area contributed by atoms with E-state index in [0.717, 1.165) is 0 Å². The first-order chi connectivity index (χ1) is 8.03. The van der Waals surface area contributed by atoms with Gasteiger partial charge in [0.05, 0.1) is 0 Å². The number of alkyl carbamates (subject to hydrolysis) is 1. The summed E-state index contributed by atoms with van der Waals surface area (Å²) >= 11 is 1.51. The fourth-order valence-corrected chi connectivity index (χ4v) is 1.64. The van der Waals surface area contributed by atoms with Crippen LogP contribution >= 0.6 is 11.8 Å². The third kappa shape index (κ3) is 5.62. The lowest BCUT2D eigenvalue weighted by molar-refractivity contribution is -0.123. The number of ether oxygens (including phenoxy) is 1. The van der Waals surface area contributed by atoms with Crippen molar-refractivity contribution in [2.75, 3.05) is 13.3 Å². The van der Waals surface area contributed by atoms with Crippen LogP contribution < -0.4 is 10.6 Å². The fraction of sp³-hybridized carbons (Fsp3) is 0.833. The van der Waals surface area contributed by atoms with Gasteiger partial charge in [0.15, 0.2) is 0 Å². The minimum absolute atomic E-state index is 0.236. The van der Waals surface area contributed by atoms with E-state index in [-0.39, 0.29) is 5.91 Å². The Morgan fingerprint density at radius 1 is 1.17 bits per heavy atom. The number of nitrogens with one attached hydrogen (secondary N) is 2. The van der Waals surface area contributed by atoms with Gasteiger partial charge in [0.2, 0.25) is 5.91 Å². The first-order valence-electron chi connectivity index (χ1n) is 5.79. The maximum atomic E-state index is 11.8. The normalized spacial score (nSPS) is 13.7. The van der Waals surface area contributed by atoms with E-state index in [1.807, 2.05) is 20.1 Å². The fourth-order valence-electron chi connectivity index (χ4n) is 1.24. The van der Waals surface area contributed by atoms with Crippen molar-refractivity contribution in [2.45, 2.75) is 51.0 Å². The van der Waals surface area contributed by atoms with Gasteiger partial charge in [0.1, 0.15) is 11.6 Å². The maximum Gasteiger partial charge on any atom is 0.408 e. The van der Waals surface area contributed by atoms with Crippen molar-refractivity contribution in [2.24, 2.45) is 0 Å². The summed E-state index contributed by atoms with van der Waals surface area (Å²) in [4.78, 5) is 23.6. The van der Waals surface area contributed by atoms with Crippen molar-refractivity contribution >= 4 is 23.8 Å². The number of thioether (sulfide) groups is 1. The highest BCUT2D eigenvalue weighted by molar-refractivity contribution is 8.00. The molecular formula is C12H24N2O3S. The third-order valence-electron chi connectivity index (χ3n) is 2.39. The average Bonchev–Trinajstić information content (AvgIpc) is 2.22. The first kappa shape index (κ1) is 17.1. The lowest BCUT2D eigenvalue weighted by Crippen LogP contribution is -2.56. The van der Waals surface area contributed by atoms with E-state index in [1.165, 1.54) is 11.8 Å². The predicted octanol–water partition coefficient (Wildman–Crippen LogP) is 1.77. The Hall–Kier alpha value is -0.910. The molecular weight excluding hydrogens is 252 g/mol. The Kier molecular flexibility index (Phi) is 5.99. The minimum Gasteiger partial charge on any atom is -0.444 e. The van der Waals surface area contributed by atoms with Gasteiger partial charge in [0.25, 0.3) is 0 Å². The van der Waals surface area contributed by atoms with Crippen LogP contribution in [0.15, 0.2) is 0 Å². The molecule has 0 bridgehead atoms. The topological polar surface area (TPSA) is 67.4 Å². The van der Waals surface area contributed by atoms with Crippen molar-refractivity contribution in [3.63, 3.8) is 0 Å². The molecule has 0 rings (SSSR count). The van der Waals surface area contributed by atoms with Crippen LogP contribution in [0.1, 0.15) is 34.6 Å². The number of hydrogen-bond donors (Lipinski definition) is 2. The number of rotatable bonds is 4. The van der Waals surface area contributed by atoms with Crippen LogP contribution in [0.2, 0.25) is 0 Å². The van der Waals surface area contributed by atoms with E-state index in [9.17, 15) is 9.59 Å². The second-order valence-electron chi connectivity index (χ2n) is 5.50. The molecule has 0 saturated heterocycles. The molecule has 0 spiro atoms. The van der Waals surface area contributed by atoms with Gasteiger partial charge < -0.3 is 15.4 Å². The van der Waals surface area contributed by atoms with Crippen molar-refractivity contribution in [1.29, 1.82) is 0 Å². The van der Waals surface area contributed by atoms with Gasteiger partial charge in [-0.2, -0.15) is 11.8 Å². The van der Waals surface area contributed by atoms with Crippen molar-refractivity contribution in [3.8, 4) is 0 Å². The Morgan fingerprint density at radius 3 is 2.00 bits per heavy atom. The number of amides is 2. The van der Waals surface area contributed by atoms with E-state index in [0.29, 0.717) is 0 Å². The maximum absolute atomic E-state index is 11.8. The Morgan fingerprint density at radius 2 is 1.67 bits per heavy atom. The second-order valence-corrected chi connectivity index (χ2v) is 6.96. The van der Waals surface area contributed by atoms with Gasteiger partial charge in [-0.05, 0) is 40.9 Å². The third-order valence-corrected chi connectivity index (χ3v) is 3.68. The Bertz CT molecular complexity index is 311. The molecule has 106 valence electrons. The molecule has 5 nitrogen and oxygen atoms in total. The van der Waals surface area contributed by atoms with Crippen LogP contribution in [0.5, 0.6) is 0 Å². The molecule has 1 atom stereocenters. The molecule has 18 heavy (non-hydrogen) atoms. The molecule has 0 aliphatic carbocycles. The standard InChI is InChI=1S/C12H24N2O3S/c1-11(2,3)17-10(16)14-8(9(15)13-6)12(4,5)18-7/h8H,1-7H3,(H,13,15)(H,14,16)/t8-/m1/s1. The number of carbonyl (C=O) groups excluding carboxylic acids is 2. The highest BCUT2D eigenvalue weighted by atomic mass is 32.2. The number of carbonyl (C=O) groups is 2. The molecule has 0 aliphatic heterocycles. The monoisotopic (exact) mass is 276 g/mol. The molecule has 0 unspecified atom stereocenters. The highest BCUT2D eigenvalue weighted by Gasteiger charge is 2.36. The largest absolute Gasteiger partial charge is 0.444 e. The van der Waals surface area contributed by atoms with Gasteiger partial charge >= 0.3 is 6.09 Å². The lowest BCUT2D eigenvalue weighted by Gasteiger charge is -2.32. The minimum atomic E-state index is -0.646. The molecule has 0 saturated carbocycles. The van der Waals surface area contributed by atoms with Gasteiger partial charge in [-0.25, -0.2) is 4.79 Å². The van der Waals surface area contributed by atoms with E-state index < -0.39 is 22.5 Å². The second kappa shape index (κ2) is 6.31. The van der Waals surface area contributed by atoms with E-state index in [1.54, 1.807) is 27.8 Å². The molecule has 0 radical (unpaired) electrons. The van der Waals surface area contributed by atoms with Crippen LogP contribution in [-0.4, -0.2) is 41.7 Å². The number of hydrogen-bond acceptors (Lipinski definition) is 4. The van der Waals surface area contributed by atoms with Crippen LogP contribution in [-0.2, 0) is 9.53 Å². The molecule has 0 aromatic heterocycles. The number of likely N-dealkylation sites (N-methyl/N-ethyl adjacent to an activating group) is 1. The molecule has 0 aliphatic rings. The molecule has 0 aromatic carbocycles.